The van der Waals surface area contributed by atoms with E-state index in [-0.39, 0.29) is 18.6 Å². The lowest BCUT2D eigenvalue weighted by atomic mass is 10.3. The van der Waals surface area contributed by atoms with Crippen molar-refractivity contribution < 1.29 is 14.6 Å². The quantitative estimate of drug-likeness (QED) is 0.649. The predicted molar refractivity (Wildman–Crippen MR) is 37.9 cm³/mol. The van der Waals surface area contributed by atoms with Crippen LogP contribution < -0.4 is 0 Å². The van der Waals surface area contributed by atoms with Crippen LogP contribution in [0.15, 0.2) is 0 Å². The molecular formula is C7H14O3. The molecule has 0 aromatic carbocycles. The highest BCUT2D eigenvalue weighted by Gasteiger charge is 2.08. The molecule has 1 atom stereocenters. The van der Waals surface area contributed by atoms with E-state index in [2.05, 4.69) is 0 Å². The highest BCUT2D eigenvalue weighted by atomic mass is 16.5. The third kappa shape index (κ3) is 5.56. The van der Waals surface area contributed by atoms with Gasteiger partial charge in [-0.1, -0.05) is 0 Å². The molecule has 0 aliphatic carbocycles. The van der Waals surface area contributed by atoms with E-state index >= 15 is 0 Å². The molecule has 0 amide bonds. The first-order valence-corrected chi connectivity index (χ1v) is 3.39. The van der Waals surface area contributed by atoms with Crippen LogP contribution in [0.5, 0.6) is 0 Å². The van der Waals surface area contributed by atoms with Gasteiger partial charge in [0.1, 0.15) is 0 Å². The summed E-state index contributed by atoms with van der Waals surface area (Å²) in [5.41, 5.74) is 0. The van der Waals surface area contributed by atoms with Gasteiger partial charge in [0.25, 0.3) is 0 Å². The highest BCUT2D eigenvalue weighted by molar-refractivity contribution is 5.67. The lowest BCUT2D eigenvalue weighted by Gasteiger charge is -2.13. The van der Waals surface area contributed by atoms with E-state index in [1.54, 1.807) is 6.92 Å². The van der Waals surface area contributed by atoms with Crippen molar-refractivity contribution in [1.29, 1.82) is 0 Å². The third-order valence-electron chi connectivity index (χ3n) is 0.967. The van der Waals surface area contributed by atoms with Crippen LogP contribution in [-0.4, -0.2) is 23.3 Å². The van der Waals surface area contributed by atoms with Crippen LogP contribution in [0.3, 0.4) is 0 Å². The minimum Gasteiger partial charge on any atom is -0.481 e. The van der Waals surface area contributed by atoms with Gasteiger partial charge in [0.15, 0.2) is 0 Å². The van der Waals surface area contributed by atoms with Gasteiger partial charge in [0.05, 0.1) is 18.6 Å². The van der Waals surface area contributed by atoms with Gasteiger partial charge in [-0.15, -0.1) is 0 Å². The largest absolute Gasteiger partial charge is 0.481 e. The Morgan fingerprint density at radius 3 is 2.30 bits per heavy atom. The number of ether oxygens (including phenoxy) is 1. The van der Waals surface area contributed by atoms with Crippen molar-refractivity contribution in [3.05, 3.63) is 0 Å². The molecule has 0 aliphatic heterocycles. The average Bonchev–Trinajstić information content (AvgIpc) is 1.58. The van der Waals surface area contributed by atoms with Crippen LogP contribution in [0, 0.1) is 0 Å². The fraction of sp³-hybridized carbons (Fsp3) is 0.857. The zero-order chi connectivity index (χ0) is 8.15. The summed E-state index contributed by atoms with van der Waals surface area (Å²) in [4.78, 5) is 10.1. The van der Waals surface area contributed by atoms with E-state index in [9.17, 15) is 4.79 Å². The second-order valence-electron chi connectivity index (χ2n) is 2.59. The molecule has 0 unspecified atom stereocenters. The normalized spacial score (nSPS) is 13.6. The Bertz CT molecular complexity index is 109. The minimum atomic E-state index is -0.812. The number of hydrogen-bond donors (Lipinski definition) is 1. The number of rotatable bonds is 4. The summed E-state index contributed by atoms with van der Waals surface area (Å²) in [6, 6.07) is 0. The van der Waals surface area contributed by atoms with Crippen LogP contribution in [0.1, 0.15) is 27.2 Å². The van der Waals surface area contributed by atoms with Crippen molar-refractivity contribution in [3.8, 4) is 0 Å². The van der Waals surface area contributed by atoms with E-state index in [4.69, 9.17) is 9.84 Å². The van der Waals surface area contributed by atoms with Crippen LogP contribution in [-0.2, 0) is 9.53 Å². The topological polar surface area (TPSA) is 46.5 Å². The Kier molecular flexibility index (Phi) is 4.03. The highest BCUT2D eigenvalue weighted by Crippen LogP contribution is 2.00. The summed E-state index contributed by atoms with van der Waals surface area (Å²) in [6.07, 6.45) is 0.00454. The van der Waals surface area contributed by atoms with Gasteiger partial charge in [-0.05, 0) is 20.8 Å². The molecular weight excluding hydrogens is 132 g/mol. The van der Waals surface area contributed by atoms with E-state index < -0.39 is 5.97 Å². The summed E-state index contributed by atoms with van der Waals surface area (Å²) in [7, 11) is 0. The smallest absolute Gasteiger partial charge is 0.305 e. The van der Waals surface area contributed by atoms with Crippen molar-refractivity contribution in [2.24, 2.45) is 0 Å². The first-order valence-electron chi connectivity index (χ1n) is 3.39. The Balaban J connectivity index is 3.43. The fourth-order valence-electron chi connectivity index (χ4n) is 0.759. The zero-order valence-corrected chi connectivity index (χ0v) is 6.63. The standard InChI is InChI=1S/C7H14O3/c1-5(2)10-6(3)4-7(8)9/h5-6H,4H2,1-3H3,(H,8,9)/t6-/m1/s1. The molecule has 0 aromatic heterocycles. The molecule has 3 nitrogen and oxygen atoms in total. The van der Waals surface area contributed by atoms with E-state index in [1.807, 2.05) is 13.8 Å². The van der Waals surface area contributed by atoms with Gasteiger partial charge in [-0.25, -0.2) is 0 Å². The van der Waals surface area contributed by atoms with E-state index in [1.165, 1.54) is 0 Å². The minimum absolute atomic E-state index is 0.0815. The maximum Gasteiger partial charge on any atom is 0.305 e. The second-order valence-corrected chi connectivity index (χ2v) is 2.59. The van der Waals surface area contributed by atoms with Crippen molar-refractivity contribution in [3.63, 3.8) is 0 Å². The summed E-state index contributed by atoms with van der Waals surface area (Å²) in [5.74, 6) is -0.812. The first-order chi connectivity index (χ1) is 4.52. The molecule has 0 heterocycles. The van der Waals surface area contributed by atoms with Gasteiger partial charge in [-0.3, -0.25) is 4.79 Å². The lowest BCUT2D eigenvalue weighted by Crippen LogP contribution is -2.17. The number of hydrogen-bond acceptors (Lipinski definition) is 2. The Hall–Kier alpha value is -0.570. The van der Waals surface area contributed by atoms with Crippen molar-refractivity contribution >= 4 is 5.97 Å². The molecule has 0 saturated carbocycles. The average molecular weight is 146 g/mol. The van der Waals surface area contributed by atoms with Crippen molar-refractivity contribution in [1.82, 2.24) is 0 Å². The molecule has 0 saturated heterocycles. The van der Waals surface area contributed by atoms with Crippen molar-refractivity contribution in [2.75, 3.05) is 0 Å². The summed E-state index contributed by atoms with van der Waals surface area (Å²) < 4.78 is 5.18. The third-order valence-corrected chi connectivity index (χ3v) is 0.967. The number of carboxylic acid groups (broad SMARTS) is 1. The summed E-state index contributed by atoms with van der Waals surface area (Å²) >= 11 is 0. The Morgan fingerprint density at radius 1 is 1.50 bits per heavy atom. The Morgan fingerprint density at radius 2 is 2.00 bits per heavy atom. The molecule has 0 bridgehead atoms. The van der Waals surface area contributed by atoms with E-state index in [0.717, 1.165) is 0 Å². The summed E-state index contributed by atoms with van der Waals surface area (Å²) in [6.45, 7) is 5.53. The van der Waals surface area contributed by atoms with Gasteiger partial charge in [0.2, 0.25) is 0 Å². The Labute approximate surface area is 61.0 Å². The van der Waals surface area contributed by atoms with Crippen LogP contribution >= 0.6 is 0 Å². The fourth-order valence-corrected chi connectivity index (χ4v) is 0.759. The molecule has 60 valence electrons. The molecule has 0 aliphatic rings. The number of carboxylic acids is 1. The molecule has 0 fully saturated rings. The molecule has 3 heteroatoms. The molecule has 0 aromatic rings. The molecule has 0 spiro atoms. The molecule has 10 heavy (non-hydrogen) atoms. The van der Waals surface area contributed by atoms with Crippen molar-refractivity contribution in [2.45, 2.75) is 39.4 Å². The first kappa shape index (κ1) is 9.43. The van der Waals surface area contributed by atoms with Crippen LogP contribution in [0.2, 0.25) is 0 Å². The second kappa shape index (κ2) is 4.28. The predicted octanol–water partition coefficient (Wildman–Crippen LogP) is 1.27. The summed E-state index contributed by atoms with van der Waals surface area (Å²) in [5, 5.41) is 8.32. The number of carbonyl (C=O) groups is 1. The van der Waals surface area contributed by atoms with Crippen LogP contribution in [0.25, 0.3) is 0 Å². The van der Waals surface area contributed by atoms with Gasteiger partial charge in [0, 0.05) is 0 Å². The molecule has 0 radical (unpaired) electrons. The number of aliphatic carboxylic acids is 1. The van der Waals surface area contributed by atoms with Gasteiger partial charge in [-0.2, -0.15) is 0 Å². The molecule has 0 rings (SSSR count). The van der Waals surface area contributed by atoms with Crippen LogP contribution in [0.4, 0.5) is 0 Å². The maximum atomic E-state index is 10.1. The SMILES string of the molecule is CC(C)O[C@H](C)CC(=O)O. The molecule has 1 N–H and O–H groups in total. The van der Waals surface area contributed by atoms with E-state index in [0.29, 0.717) is 0 Å². The van der Waals surface area contributed by atoms with Gasteiger partial charge < -0.3 is 9.84 Å². The monoisotopic (exact) mass is 146 g/mol. The van der Waals surface area contributed by atoms with Gasteiger partial charge >= 0.3 is 5.97 Å². The maximum absolute atomic E-state index is 10.1. The lowest BCUT2D eigenvalue weighted by molar-refractivity contribution is -0.140. The zero-order valence-electron chi connectivity index (χ0n) is 6.63.